The molecule has 0 bridgehead atoms. The predicted octanol–water partition coefficient (Wildman–Crippen LogP) is 9.04. The number of Topliss-reactive ketones (excluding diaryl/α,β-unsaturated/α-hetero) is 1. The first-order chi connectivity index (χ1) is 16.6. The highest BCUT2D eigenvalue weighted by atomic mass is 16.1. The lowest BCUT2D eigenvalue weighted by molar-refractivity contribution is -0.118. The summed E-state index contributed by atoms with van der Waals surface area (Å²) in [6, 6.07) is 0. The smallest absolute Gasteiger partial charge is 0.143 e. The van der Waals surface area contributed by atoms with E-state index in [4.69, 9.17) is 0 Å². The highest BCUT2D eigenvalue weighted by molar-refractivity contribution is 5.77. The number of carbonyl (C=O) groups excluding carboxylic acids is 1. The minimum absolute atomic E-state index is 0.317. The minimum Gasteiger partial charge on any atom is -0.302 e. The molecule has 34 heavy (non-hydrogen) atoms. The Morgan fingerprint density at radius 2 is 0.706 bits per heavy atom. The maximum absolute atomic E-state index is 11.9. The number of rotatable bonds is 28. The van der Waals surface area contributed by atoms with Gasteiger partial charge < -0.3 is 4.90 Å². The summed E-state index contributed by atoms with van der Waals surface area (Å²) >= 11 is 0. The normalized spacial score (nSPS) is 11.7. The molecule has 0 aromatic rings. The highest BCUT2D eigenvalue weighted by Gasteiger charge is 2.11. The molecule has 0 N–H and O–H groups in total. The third-order valence-corrected chi connectivity index (χ3v) is 7.16. The Bertz CT molecular complexity index is 412. The molecular weight excluding hydrogens is 416 g/mol. The van der Waals surface area contributed by atoms with Gasteiger partial charge in [0.05, 0.1) is 6.54 Å². The molecule has 0 aromatic carbocycles. The SMILES string of the molecule is CCCCCCCCCN(CCCCCCCC)CCN(CCCCCCCCC)CC(C)=O. The van der Waals surface area contributed by atoms with Crippen LogP contribution >= 0.6 is 0 Å². The first-order valence-corrected chi connectivity index (χ1v) is 15.6. The molecule has 0 atom stereocenters. The van der Waals surface area contributed by atoms with Crippen molar-refractivity contribution in [1.29, 1.82) is 0 Å². The van der Waals surface area contributed by atoms with Gasteiger partial charge in [-0.2, -0.15) is 0 Å². The van der Waals surface area contributed by atoms with Gasteiger partial charge in [0.1, 0.15) is 5.78 Å². The summed E-state index contributed by atoms with van der Waals surface area (Å²) in [6.07, 6.45) is 27.3. The van der Waals surface area contributed by atoms with E-state index in [2.05, 4.69) is 30.6 Å². The Morgan fingerprint density at radius 3 is 1.06 bits per heavy atom. The Labute approximate surface area is 215 Å². The van der Waals surface area contributed by atoms with E-state index in [0.29, 0.717) is 12.3 Å². The van der Waals surface area contributed by atoms with Gasteiger partial charge in [0.15, 0.2) is 0 Å². The number of carbonyl (C=O) groups is 1. The molecule has 0 aliphatic rings. The van der Waals surface area contributed by atoms with Gasteiger partial charge in [0, 0.05) is 13.1 Å². The lowest BCUT2D eigenvalue weighted by Gasteiger charge is -2.27. The van der Waals surface area contributed by atoms with Gasteiger partial charge in [-0.1, -0.05) is 130 Å². The van der Waals surface area contributed by atoms with Crippen molar-refractivity contribution in [3.8, 4) is 0 Å². The number of ketones is 1. The molecule has 0 amide bonds. The fourth-order valence-electron chi connectivity index (χ4n) is 4.90. The molecule has 0 rings (SSSR count). The van der Waals surface area contributed by atoms with Crippen LogP contribution in [0.4, 0.5) is 0 Å². The van der Waals surface area contributed by atoms with Gasteiger partial charge in [-0.05, 0) is 45.8 Å². The van der Waals surface area contributed by atoms with Crippen molar-refractivity contribution in [3.63, 3.8) is 0 Å². The summed E-state index contributed by atoms with van der Waals surface area (Å²) in [5.74, 6) is 0.317. The van der Waals surface area contributed by atoms with E-state index in [1.165, 1.54) is 142 Å². The van der Waals surface area contributed by atoms with Crippen molar-refractivity contribution in [1.82, 2.24) is 9.80 Å². The standard InChI is InChI=1S/C31H64N2O/c1-5-8-11-14-17-20-23-26-32(25-22-19-16-13-10-7-3)28-29-33(30-31(4)34)27-24-21-18-15-12-9-6-2/h5-30H2,1-4H3. The summed E-state index contributed by atoms with van der Waals surface area (Å²) < 4.78 is 0. The average molecular weight is 481 g/mol. The van der Waals surface area contributed by atoms with Gasteiger partial charge >= 0.3 is 0 Å². The third-order valence-electron chi connectivity index (χ3n) is 7.16. The maximum atomic E-state index is 11.9. The molecule has 0 unspecified atom stereocenters. The van der Waals surface area contributed by atoms with Crippen LogP contribution in [0.15, 0.2) is 0 Å². The molecule has 0 saturated heterocycles. The Kier molecular flexibility index (Phi) is 26.9. The van der Waals surface area contributed by atoms with Crippen LogP contribution in [0.3, 0.4) is 0 Å². The molecule has 0 aliphatic carbocycles. The number of nitrogens with zero attached hydrogens (tertiary/aromatic N) is 2. The minimum atomic E-state index is 0.317. The Morgan fingerprint density at radius 1 is 0.412 bits per heavy atom. The van der Waals surface area contributed by atoms with Crippen LogP contribution in [0.5, 0.6) is 0 Å². The first kappa shape index (κ1) is 33.6. The molecular formula is C31H64N2O. The number of hydrogen-bond donors (Lipinski definition) is 0. The topological polar surface area (TPSA) is 23.6 Å². The summed E-state index contributed by atoms with van der Waals surface area (Å²) in [7, 11) is 0. The second kappa shape index (κ2) is 27.2. The maximum Gasteiger partial charge on any atom is 0.143 e. The van der Waals surface area contributed by atoms with Crippen LogP contribution in [0.25, 0.3) is 0 Å². The zero-order valence-electron chi connectivity index (χ0n) is 24.2. The highest BCUT2D eigenvalue weighted by Crippen LogP contribution is 2.11. The fourth-order valence-corrected chi connectivity index (χ4v) is 4.90. The zero-order valence-corrected chi connectivity index (χ0v) is 24.2. The summed E-state index contributed by atoms with van der Waals surface area (Å²) in [4.78, 5) is 17.0. The monoisotopic (exact) mass is 481 g/mol. The van der Waals surface area contributed by atoms with Crippen molar-refractivity contribution >= 4 is 5.78 Å². The van der Waals surface area contributed by atoms with E-state index < -0.39 is 0 Å². The Hall–Kier alpha value is -0.410. The van der Waals surface area contributed by atoms with Crippen molar-refractivity contribution in [3.05, 3.63) is 0 Å². The molecule has 204 valence electrons. The quantitative estimate of drug-likeness (QED) is 0.104. The van der Waals surface area contributed by atoms with E-state index in [9.17, 15) is 4.79 Å². The lowest BCUT2D eigenvalue weighted by atomic mass is 10.1. The number of unbranched alkanes of at least 4 members (excludes halogenated alkanes) is 17. The average Bonchev–Trinajstić information content (AvgIpc) is 2.82. The van der Waals surface area contributed by atoms with Gasteiger partial charge in [0.25, 0.3) is 0 Å². The molecule has 0 heterocycles. The molecule has 3 heteroatoms. The molecule has 0 radical (unpaired) electrons. The van der Waals surface area contributed by atoms with Crippen LogP contribution < -0.4 is 0 Å². The largest absolute Gasteiger partial charge is 0.302 e. The molecule has 0 aromatic heterocycles. The van der Waals surface area contributed by atoms with Crippen LogP contribution in [0, 0.1) is 0 Å². The van der Waals surface area contributed by atoms with Crippen molar-refractivity contribution in [2.24, 2.45) is 0 Å². The second-order valence-corrected chi connectivity index (χ2v) is 10.8. The van der Waals surface area contributed by atoms with E-state index >= 15 is 0 Å². The van der Waals surface area contributed by atoms with Crippen LogP contribution in [-0.2, 0) is 4.79 Å². The first-order valence-electron chi connectivity index (χ1n) is 15.6. The van der Waals surface area contributed by atoms with Crippen molar-refractivity contribution < 1.29 is 4.79 Å². The van der Waals surface area contributed by atoms with Crippen LogP contribution in [0.2, 0.25) is 0 Å². The van der Waals surface area contributed by atoms with E-state index in [0.717, 1.165) is 19.6 Å². The van der Waals surface area contributed by atoms with Crippen molar-refractivity contribution in [2.75, 3.05) is 39.3 Å². The molecule has 3 nitrogen and oxygen atoms in total. The van der Waals surface area contributed by atoms with E-state index in [1.807, 2.05) is 0 Å². The van der Waals surface area contributed by atoms with Crippen molar-refractivity contribution in [2.45, 2.75) is 156 Å². The Balaban J connectivity index is 4.36. The van der Waals surface area contributed by atoms with E-state index in [1.54, 1.807) is 6.92 Å². The zero-order chi connectivity index (χ0) is 25.1. The third kappa shape index (κ3) is 24.7. The lowest BCUT2D eigenvalue weighted by Crippen LogP contribution is -2.38. The number of hydrogen-bond acceptors (Lipinski definition) is 3. The van der Waals surface area contributed by atoms with Gasteiger partial charge in [-0.3, -0.25) is 9.69 Å². The summed E-state index contributed by atoms with van der Waals surface area (Å²) in [5.41, 5.74) is 0. The fraction of sp³-hybridized carbons (Fsp3) is 0.968. The van der Waals surface area contributed by atoms with Crippen LogP contribution in [-0.4, -0.2) is 54.9 Å². The molecule has 0 saturated carbocycles. The van der Waals surface area contributed by atoms with Gasteiger partial charge in [-0.15, -0.1) is 0 Å². The summed E-state index contributed by atoms with van der Waals surface area (Å²) in [6.45, 7) is 15.0. The summed E-state index contributed by atoms with van der Waals surface area (Å²) in [5, 5.41) is 0. The molecule has 0 spiro atoms. The second-order valence-electron chi connectivity index (χ2n) is 10.8. The van der Waals surface area contributed by atoms with E-state index in [-0.39, 0.29) is 0 Å². The predicted molar refractivity (Wildman–Crippen MR) is 153 cm³/mol. The van der Waals surface area contributed by atoms with Crippen LogP contribution in [0.1, 0.15) is 156 Å². The van der Waals surface area contributed by atoms with Gasteiger partial charge in [0.2, 0.25) is 0 Å². The molecule has 0 fully saturated rings. The van der Waals surface area contributed by atoms with Gasteiger partial charge in [-0.25, -0.2) is 0 Å². The molecule has 0 aliphatic heterocycles.